The number of carbonyl (C=O) groups is 1. The van der Waals surface area contributed by atoms with Gasteiger partial charge in [0.25, 0.3) is 0 Å². The summed E-state index contributed by atoms with van der Waals surface area (Å²) in [4.78, 5) is 19.5. The van der Waals surface area contributed by atoms with E-state index in [9.17, 15) is 18.0 Å². The monoisotopic (exact) mass is 434 g/mol. The number of Topliss-reactive ketones (excluding diaryl/α,β-unsaturated/α-hetero) is 1. The Bertz CT molecular complexity index is 1340. The summed E-state index contributed by atoms with van der Waals surface area (Å²) in [5.74, 6) is 6.41. The average Bonchev–Trinajstić information content (AvgIpc) is 3.18. The van der Waals surface area contributed by atoms with Crippen LogP contribution < -0.4 is 4.74 Å². The number of H-pyrrole nitrogens is 1. The van der Waals surface area contributed by atoms with Crippen LogP contribution in [0.4, 0.5) is 13.2 Å². The zero-order valence-corrected chi connectivity index (χ0v) is 17.0. The summed E-state index contributed by atoms with van der Waals surface area (Å²) in [7, 11) is 0. The van der Waals surface area contributed by atoms with Crippen molar-refractivity contribution in [1.82, 2.24) is 9.97 Å². The highest BCUT2D eigenvalue weighted by Crippen LogP contribution is 2.27. The Morgan fingerprint density at radius 1 is 1.03 bits per heavy atom. The van der Waals surface area contributed by atoms with Gasteiger partial charge in [-0.3, -0.25) is 4.79 Å². The zero-order valence-electron chi connectivity index (χ0n) is 17.0. The van der Waals surface area contributed by atoms with E-state index in [0.717, 1.165) is 22.2 Å². The molecule has 160 valence electrons. The maximum absolute atomic E-state index is 12.2. The third kappa shape index (κ3) is 4.98. The van der Waals surface area contributed by atoms with Crippen molar-refractivity contribution in [2.75, 3.05) is 6.61 Å². The van der Waals surface area contributed by atoms with Crippen LogP contribution in [0, 0.1) is 11.8 Å². The Hall–Kier alpha value is -4.05. The van der Waals surface area contributed by atoms with Gasteiger partial charge in [0.2, 0.25) is 0 Å². The van der Waals surface area contributed by atoms with Gasteiger partial charge in [0, 0.05) is 11.1 Å². The highest BCUT2D eigenvalue weighted by molar-refractivity contribution is 6.01. The Morgan fingerprint density at radius 3 is 2.50 bits per heavy atom. The lowest BCUT2D eigenvalue weighted by molar-refractivity contribution is -0.153. The molecule has 0 unspecified atom stereocenters. The number of ether oxygens (including phenoxy) is 1. The van der Waals surface area contributed by atoms with Crippen LogP contribution in [0.1, 0.15) is 28.7 Å². The van der Waals surface area contributed by atoms with Crippen molar-refractivity contribution in [3.63, 3.8) is 0 Å². The number of alkyl halides is 3. The number of benzene rings is 3. The molecule has 1 N–H and O–H groups in total. The topological polar surface area (TPSA) is 55.0 Å². The quantitative estimate of drug-likeness (QED) is 0.328. The second-order valence-corrected chi connectivity index (χ2v) is 7.10. The van der Waals surface area contributed by atoms with E-state index in [1.165, 1.54) is 19.1 Å². The molecule has 0 spiro atoms. The van der Waals surface area contributed by atoms with Crippen LogP contribution in [-0.4, -0.2) is 28.5 Å². The summed E-state index contributed by atoms with van der Waals surface area (Å²) in [5.41, 5.74) is 4.50. The number of carbonyl (C=O) groups excluding carboxylic acids is 1. The predicted octanol–water partition coefficient (Wildman–Crippen LogP) is 5.77. The van der Waals surface area contributed by atoms with E-state index in [4.69, 9.17) is 0 Å². The first-order chi connectivity index (χ1) is 15.3. The van der Waals surface area contributed by atoms with Crippen molar-refractivity contribution in [2.24, 2.45) is 0 Å². The molecule has 1 aromatic heterocycles. The standard InChI is InChI=1S/C25H17F3N2O2/c1-16(31)20-4-2-3-5-21(20)18-9-12-22-23(14-18)30-24(29-22)13-8-17-6-10-19(11-7-17)32-15-25(26,27)28/h2-7,9-12,14H,15H2,1H3,(H,29,30). The number of hydrogen-bond acceptors (Lipinski definition) is 3. The number of nitrogens with zero attached hydrogens (tertiary/aromatic N) is 1. The normalized spacial score (nSPS) is 11.1. The fraction of sp³-hybridized carbons (Fsp3) is 0.120. The molecule has 0 bridgehead atoms. The van der Waals surface area contributed by atoms with E-state index < -0.39 is 12.8 Å². The molecule has 0 saturated heterocycles. The smallest absolute Gasteiger partial charge is 0.422 e. The molecule has 0 amide bonds. The Labute approximate surface area is 182 Å². The van der Waals surface area contributed by atoms with E-state index >= 15 is 0 Å². The van der Waals surface area contributed by atoms with Crippen molar-refractivity contribution in [3.8, 4) is 28.7 Å². The number of fused-ring (bicyclic) bond motifs is 1. The van der Waals surface area contributed by atoms with Gasteiger partial charge >= 0.3 is 6.18 Å². The summed E-state index contributed by atoms with van der Waals surface area (Å²) >= 11 is 0. The van der Waals surface area contributed by atoms with Gasteiger partial charge in [-0.1, -0.05) is 36.3 Å². The van der Waals surface area contributed by atoms with Crippen molar-refractivity contribution < 1.29 is 22.7 Å². The third-order valence-corrected chi connectivity index (χ3v) is 4.68. The van der Waals surface area contributed by atoms with Crippen LogP contribution in [0.5, 0.6) is 5.75 Å². The van der Waals surface area contributed by atoms with Gasteiger partial charge in [-0.15, -0.1) is 0 Å². The third-order valence-electron chi connectivity index (χ3n) is 4.68. The minimum Gasteiger partial charge on any atom is -0.484 e. The minimum absolute atomic E-state index is 0.00770. The first kappa shape index (κ1) is 21.2. The molecule has 32 heavy (non-hydrogen) atoms. The molecule has 3 aromatic carbocycles. The average molecular weight is 434 g/mol. The largest absolute Gasteiger partial charge is 0.484 e. The van der Waals surface area contributed by atoms with Crippen molar-refractivity contribution >= 4 is 16.8 Å². The molecule has 0 fully saturated rings. The molecule has 4 aromatic rings. The number of hydrogen-bond donors (Lipinski definition) is 1. The maximum atomic E-state index is 12.2. The van der Waals surface area contributed by atoms with E-state index in [-0.39, 0.29) is 11.5 Å². The van der Waals surface area contributed by atoms with Gasteiger partial charge in [0.05, 0.1) is 11.0 Å². The van der Waals surface area contributed by atoms with Gasteiger partial charge in [0.1, 0.15) is 5.75 Å². The summed E-state index contributed by atoms with van der Waals surface area (Å²) < 4.78 is 41.3. The summed E-state index contributed by atoms with van der Waals surface area (Å²) in [6, 6.07) is 19.1. The second kappa shape index (κ2) is 8.60. The van der Waals surface area contributed by atoms with Crippen LogP contribution in [0.3, 0.4) is 0 Å². The maximum Gasteiger partial charge on any atom is 0.422 e. The Morgan fingerprint density at radius 2 is 1.78 bits per heavy atom. The van der Waals surface area contributed by atoms with E-state index in [2.05, 4.69) is 26.5 Å². The molecule has 7 heteroatoms. The molecule has 4 rings (SSSR count). The molecular weight excluding hydrogens is 417 g/mol. The Kier molecular flexibility index (Phi) is 5.69. The minimum atomic E-state index is -4.38. The molecule has 0 aliphatic carbocycles. The highest BCUT2D eigenvalue weighted by atomic mass is 19.4. The lowest BCUT2D eigenvalue weighted by Crippen LogP contribution is -2.19. The van der Waals surface area contributed by atoms with Crippen LogP contribution in [-0.2, 0) is 0 Å². The summed E-state index contributed by atoms with van der Waals surface area (Å²) in [6.45, 7) is 0.201. The number of nitrogens with one attached hydrogen (secondary N) is 1. The van der Waals surface area contributed by atoms with Gasteiger partial charge in [-0.05, 0) is 60.4 Å². The molecule has 0 aliphatic rings. The van der Waals surface area contributed by atoms with Crippen LogP contribution in [0.25, 0.3) is 22.2 Å². The summed E-state index contributed by atoms with van der Waals surface area (Å²) in [6.07, 6.45) is -4.38. The van der Waals surface area contributed by atoms with E-state index in [1.807, 2.05) is 36.4 Å². The Balaban J connectivity index is 1.55. The number of ketones is 1. The fourth-order valence-electron chi connectivity index (χ4n) is 3.21. The molecule has 4 nitrogen and oxygen atoms in total. The lowest BCUT2D eigenvalue weighted by atomic mass is 9.97. The lowest BCUT2D eigenvalue weighted by Gasteiger charge is -2.08. The fourth-order valence-corrected chi connectivity index (χ4v) is 3.21. The molecule has 0 saturated carbocycles. The van der Waals surface area contributed by atoms with Gasteiger partial charge in [-0.2, -0.15) is 13.2 Å². The number of halogens is 3. The van der Waals surface area contributed by atoms with Crippen molar-refractivity contribution in [3.05, 3.63) is 83.7 Å². The first-order valence-corrected chi connectivity index (χ1v) is 9.70. The summed E-state index contributed by atoms with van der Waals surface area (Å²) in [5, 5.41) is 0. The first-order valence-electron chi connectivity index (χ1n) is 9.70. The number of aromatic nitrogens is 2. The molecular formula is C25H17F3N2O2. The molecule has 0 aliphatic heterocycles. The van der Waals surface area contributed by atoms with Crippen LogP contribution in [0.15, 0.2) is 66.7 Å². The SMILES string of the molecule is CC(=O)c1ccccc1-c1ccc2nc(C#Cc3ccc(OCC(F)(F)F)cc3)[nH]c2c1. The van der Waals surface area contributed by atoms with E-state index in [1.54, 1.807) is 18.2 Å². The van der Waals surface area contributed by atoms with Gasteiger partial charge in [-0.25, -0.2) is 4.98 Å². The van der Waals surface area contributed by atoms with E-state index in [0.29, 0.717) is 17.0 Å². The zero-order chi connectivity index (χ0) is 22.7. The second-order valence-electron chi connectivity index (χ2n) is 7.10. The van der Waals surface area contributed by atoms with Gasteiger partial charge < -0.3 is 9.72 Å². The number of imidazole rings is 1. The van der Waals surface area contributed by atoms with Gasteiger partial charge in [0.15, 0.2) is 18.2 Å². The van der Waals surface area contributed by atoms with Crippen LogP contribution in [0.2, 0.25) is 0 Å². The predicted molar refractivity (Wildman–Crippen MR) is 116 cm³/mol. The molecule has 0 radical (unpaired) electrons. The highest BCUT2D eigenvalue weighted by Gasteiger charge is 2.28. The van der Waals surface area contributed by atoms with Crippen molar-refractivity contribution in [1.29, 1.82) is 0 Å². The van der Waals surface area contributed by atoms with Crippen LogP contribution >= 0.6 is 0 Å². The number of rotatable bonds is 4. The molecule has 0 atom stereocenters. The number of aromatic amines is 1. The van der Waals surface area contributed by atoms with Crippen molar-refractivity contribution in [2.45, 2.75) is 13.1 Å². The molecule has 1 heterocycles.